The van der Waals surface area contributed by atoms with E-state index in [1.807, 2.05) is 13.8 Å². The summed E-state index contributed by atoms with van der Waals surface area (Å²) < 4.78 is 0. The number of amides is 2. The highest BCUT2D eigenvalue weighted by atomic mass is 16.4. The molecule has 4 N–H and O–H groups in total. The molecular weight excluding hydrogens is 336 g/mol. The summed E-state index contributed by atoms with van der Waals surface area (Å²) in [5.74, 6) is -2.03. The summed E-state index contributed by atoms with van der Waals surface area (Å²) in [6.07, 6.45) is 1.73. The average molecular weight is 364 g/mol. The van der Waals surface area contributed by atoms with Crippen molar-refractivity contribution in [3.8, 4) is 5.75 Å². The van der Waals surface area contributed by atoms with E-state index in [2.05, 4.69) is 10.6 Å². The second-order valence-electron chi connectivity index (χ2n) is 6.45. The average Bonchev–Trinajstić information content (AvgIpc) is 2.60. The molecule has 7 nitrogen and oxygen atoms in total. The van der Waals surface area contributed by atoms with E-state index >= 15 is 0 Å². The van der Waals surface area contributed by atoms with Crippen molar-refractivity contribution in [2.24, 2.45) is 5.92 Å². The number of phenolic OH excluding ortho intramolecular Hbond substituents is 1. The summed E-state index contributed by atoms with van der Waals surface area (Å²) in [7, 11) is 0. The summed E-state index contributed by atoms with van der Waals surface area (Å²) in [4.78, 5) is 36.1. The first-order valence-corrected chi connectivity index (χ1v) is 8.88. The number of carbonyl (C=O) groups excluding carboxylic acids is 2. The number of aromatic hydroxyl groups is 1. The number of phenols is 1. The molecule has 0 aromatic heterocycles. The topological polar surface area (TPSA) is 116 Å². The number of nitrogens with one attached hydrogen (secondary N) is 2. The minimum Gasteiger partial charge on any atom is -0.508 e. The molecule has 0 aliphatic heterocycles. The third kappa shape index (κ3) is 6.74. The minimum absolute atomic E-state index is 0.104. The molecule has 0 saturated carbocycles. The van der Waals surface area contributed by atoms with Crippen molar-refractivity contribution in [3.63, 3.8) is 0 Å². The normalized spacial score (nSPS) is 14.1. The highest BCUT2D eigenvalue weighted by molar-refractivity contribution is 5.90. The van der Waals surface area contributed by atoms with Gasteiger partial charge in [0.2, 0.25) is 11.8 Å². The van der Waals surface area contributed by atoms with Crippen molar-refractivity contribution in [1.82, 2.24) is 10.6 Å². The lowest BCUT2D eigenvalue weighted by Crippen LogP contribution is -2.54. The molecule has 0 aliphatic rings. The van der Waals surface area contributed by atoms with Gasteiger partial charge in [-0.25, -0.2) is 4.79 Å². The number of benzene rings is 1. The van der Waals surface area contributed by atoms with Crippen LogP contribution in [0.1, 0.15) is 45.6 Å². The lowest BCUT2D eigenvalue weighted by molar-refractivity contribution is -0.143. The van der Waals surface area contributed by atoms with Crippen LogP contribution in [0.15, 0.2) is 24.3 Å². The van der Waals surface area contributed by atoms with Gasteiger partial charge in [0.15, 0.2) is 0 Å². The zero-order chi connectivity index (χ0) is 19.7. The van der Waals surface area contributed by atoms with Crippen LogP contribution in [0.2, 0.25) is 0 Å². The molecule has 144 valence electrons. The van der Waals surface area contributed by atoms with Crippen LogP contribution < -0.4 is 10.6 Å². The van der Waals surface area contributed by atoms with Crippen molar-refractivity contribution in [2.45, 2.75) is 58.5 Å². The SMILES string of the molecule is CCCC(=O)NC(Cc1ccc(O)cc1)C(=O)NC(C(=O)O)C(C)CC. The van der Waals surface area contributed by atoms with Crippen LogP contribution in [0.25, 0.3) is 0 Å². The predicted molar refractivity (Wildman–Crippen MR) is 97.7 cm³/mol. The van der Waals surface area contributed by atoms with Crippen LogP contribution in [0.5, 0.6) is 5.75 Å². The van der Waals surface area contributed by atoms with Gasteiger partial charge in [0.05, 0.1) is 0 Å². The number of carboxylic acid groups (broad SMARTS) is 1. The van der Waals surface area contributed by atoms with Gasteiger partial charge in [-0.05, 0) is 30.0 Å². The van der Waals surface area contributed by atoms with Gasteiger partial charge in [-0.15, -0.1) is 0 Å². The van der Waals surface area contributed by atoms with E-state index in [-0.39, 0.29) is 30.4 Å². The molecule has 2 amide bonds. The number of hydrogen-bond acceptors (Lipinski definition) is 4. The summed E-state index contributed by atoms with van der Waals surface area (Å²) >= 11 is 0. The first kappa shape index (κ1) is 21.5. The summed E-state index contributed by atoms with van der Waals surface area (Å²) in [6.45, 7) is 5.46. The van der Waals surface area contributed by atoms with Crippen LogP contribution in [-0.2, 0) is 20.8 Å². The smallest absolute Gasteiger partial charge is 0.326 e. The fourth-order valence-corrected chi connectivity index (χ4v) is 2.51. The van der Waals surface area contributed by atoms with Gasteiger partial charge in [-0.3, -0.25) is 9.59 Å². The fraction of sp³-hybridized carbons (Fsp3) is 0.526. The van der Waals surface area contributed by atoms with E-state index in [1.54, 1.807) is 19.1 Å². The molecule has 1 aromatic rings. The quantitative estimate of drug-likeness (QED) is 0.505. The fourth-order valence-electron chi connectivity index (χ4n) is 2.51. The van der Waals surface area contributed by atoms with Gasteiger partial charge >= 0.3 is 5.97 Å². The van der Waals surface area contributed by atoms with Crippen molar-refractivity contribution in [2.75, 3.05) is 0 Å². The first-order valence-electron chi connectivity index (χ1n) is 8.88. The molecule has 0 bridgehead atoms. The maximum absolute atomic E-state index is 12.7. The molecular formula is C19H28N2O5. The highest BCUT2D eigenvalue weighted by Gasteiger charge is 2.29. The Morgan fingerprint density at radius 3 is 2.19 bits per heavy atom. The van der Waals surface area contributed by atoms with Crippen molar-refractivity contribution < 1.29 is 24.6 Å². The Balaban J connectivity index is 2.94. The molecule has 0 radical (unpaired) electrons. The lowest BCUT2D eigenvalue weighted by Gasteiger charge is -2.24. The number of rotatable bonds is 10. The van der Waals surface area contributed by atoms with Gasteiger partial charge in [0.1, 0.15) is 17.8 Å². The first-order chi connectivity index (χ1) is 12.3. The Kier molecular flexibility index (Phi) is 8.61. The Morgan fingerprint density at radius 2 is 1.69 bits per heavy atom. The highest BCUT2D eigenvalue weighted by Crippen LogP contribution is 2.13. The van der Waals surface area contributed by atoms with Crippen LogP contribution >= 0.6 is 0 Å². The summed E-state index contributed by atoms with van der Waals surface area (Å²) in [5, 5.41) is 24.0. The Morgan fingerprint density at radius 1 is 1.08 bits per heavy atom. The second kappa shape index (κ2) is 10.4. The van der Waals surface area contributed by atoms with E-state index in [0.29, 0.717) is 12.8 Å². The molecule has 0 aliphatic carbocycles. The predicted octanol–water partition coefficient (Wildman–Crippen LogP) is 1.84. The zero-order valence-electron chi connectivity index (χ0n) is 15.5. The van der Waals surface area contributed by atoms with Gasteiger partial charge in [-0.2, -0.15) is 0 Å². The van der Waals surface area contributed by atoms with Crippen LogP contribution in [0.3, 0.4) is 0 Å². The Hall–Kier alpha value is -2.57. The van der Waals surface area contributed by atoms with E-state index in [4.69, 9.17) is 0 Å². The zero-order valence-corrected chi connectivity index (χ0v) is 15.5. The monoisotopic (exact) mass is 364 g/mol. The molecule has 3 unspecified atom stereocenters. The number of aliphatic carboxylic acids is 1. The minimum atomic E-state index is -1.10. The number of carbonyl (C=O) groups is 3. The van der Waals surface area contributed by atoms with Crippen LogP contribution in [0, 0.1) is 5.92 Å². The number of hydrogen-bond donors (Lipinski definition) is 4. The largest absolute Gasteiger partial charge is 0.508 e. The maximum atomic E-state index is 12.7. The molecule has 7 heteroatoms. The molecule has 0 heterocycles. The molecule has 0 saturated heterocycles. The van der Waals surface area contributed by atoms with E-state index < -0.39 is 24.0 Å². The van der Waals surface area contributed by atoms with Gasteiger partial charge in [0.25, 0.3) is 0 Å². The maximum Gasteiger partial charge on any atom is 0.326 e. The molecule has 0 spiro atoms. The van der Waals surface area contributed by atoms with E-state index in [1.165, 1.54) is 12.1 Å². The van der Waals surface area contributed by atoms with E-state index in [0.717, 1.165) is 5.56 Å². The summed E-state index contributed by atoms with van der Waals surface area (Å²) in [6, 6.07) is 4.41. The third-order valence-electron chi connectivity index (χ3n) is 4.28. The number of carboxylic acids is 1. The van der Waals surface area contributed by atoms with Crippen molar-refractivity contribution >= 4 is 17.8 Å². The summed E-state index contributed by atoms with van der Waals surface area (Å²) in [5.41, 5.74) is 0.746. The molecule has 1 aromatic carbocycles. The van der Waals surface area contributed by atoms with Gasteiger partial charge in [0, 0.05) is 12.8 Å². The third-order valence-corrected chi connectivity index (χ3v) is 4.28. The molecule has 3 atom stereocenters. The lowest BCUT2D eigenvalue weighted by atomic mass is 9.98. The molecule has 1 rings (SSSR count). The molecule has 26 heavy (non-hydrogen) atoms. The Bertz CT molecular complexity index is 615. The van der Waals surface area contributed by atoms with Gasteiger partial charge in [-0.1, -0.05) is 39.3 Å². The second-order valence-corrected chi connectivity index (χ2v) is 6.45. The van der Waals surface area contributed by atoms with Crippen molar-refractivity contribution in [3.05, 3.63) is 29.8 Å². The molecule has 0 fully saturated rings. The Labute approximate surface area is 153 Å². The van der Waals surface area contributed by atoms with Crippen LogP contribution in [0.4, 0.5) is 0 Å². The van der Waals surface area contributed by atoms with Gasteiger partial charge < -0.3 is 20.8 Å². The van der Waals surface area contributed by atoms with E-state index in [9.17, 15) is 24.6 Å². The van der Waals surface area contributed by atoms with Crippen molar-refractivity contribution in [1.29, 1.82) is 0 Å². The standard InChI is InChI=1S/C19H28N2O5/c1-4-6-16(23)20-15(11-13-7-9-14(22)10-8-13)18(24)21-17(19(25)26)12(3)5-2/h7-10,12,15,17,22H,4-6,11H2,1-3H3,(H,20,23)(H,21,24)(H,25,26). The van der Waals surface area contributed by atoms with Crippen LogP contribution in [-0.4, -0.2) is 40.1 Å².